The summed E-state index contributed by atoms with van der Waals surface area (Å²) in [7, 11) is 1.90. The maximum absolute atomic E-state index is 5.46. The van der Waals surface area contributed by atoms with Gasteiger partial charge in [-0.25, -0.2) is 9.97 Å². The third kappa shape index (κ3) is 3.64. The van der Waals surface area contributed by atoms with Crippen molar-refractivity contribution in [1.29, 1.82) is 0 Å². The molecule has 2 heterocycles. The van der Waals surface area contributed by atoms with Crippen molar-refractivity contribution in [3.63, 3.8) is 0 Å². The van der Waals surface area contributed by atoms with Crippen LogP contribution in [0.15, 0.2) is 6.07 Å². The Morgan fingerprint density at radius 1 is 1.47 bits per heavy atom. The highest BCUT2D eigenvalue weighted by Gasteiger charge is 2.27. The molecule has 1 aliphatic heterocycles. The van der Waals surface area contributed by atoms with Crippen LogP contribution < -0.4 is 5.32 Å². The molecule has 19 heavy (non-hydrogen) atoms. The van der Waals surface area contributed by atoms with E-state index in [9.17, 15) is 0 Å². The number of nitrogens with one attached hydrogen (secondary N) is 1. The van der Waals surface area contributed by atoms with Crippen LogP contribution in [0, 0.1) is 6.92 Å². The molecule has 0 bridgehead atoms. The van der Waals surface area contributed by atoms with Gasteiger partial charge in [-0.15, -0.1) is 0 Å². The number of aryl methyl sites for hydroxylation is 1. The number of likely N-dealkylation sites (tertiary alicyclic amines) is 1. The van der Waals surface area contributed by atoms with E-state index in [-0.39, 0.29) is 0 Å². The quantitative estimate of drug-likeness (QED) is 0.796. The van der Waals surface area contributed by atoms with Crippen molar-refractivity contribution in [2.24, 2.45) is 0 Å². The van der Waals surface area contributed by atoms with E-state index in [2.05, 4.69) is 26.3 Å². The lowest BCUT2D eigenvalue weighted by molar-refractivity contribution is 0.108. The van der Waals surface area contributed by atoms with E-state index in [1.165, 1.54) is 12.8 Å². The summed E-state index contributed by atoms with van der Waals surface area (Å²) in [5, 5.41) is 3.10. The van der Waals surface area contributed by atoms with Gasteiger partial charge in [0.05, 0.1) is 18.3 Å². The molecule has 1 atom stereocenters. The third-order valence-electron chi connectivity index (χ3n) is 3.55. The molecule has 1 aromatic rings. The van der Waals surface area contributed by atoms with E-state index < -0.39 is 0 Å². The van der Waals surface area contributed by atoms with Crippen molar-refractivity contribution in [2.75, 3.05) is 38.7 Å². The number of nitrogens with zero attached hydrogens (tertiary/aromatic N) is 3. The van der Waals surface area contributed by atoms with Gasteiger partial charge in [-0.1, -0.05) is 0 Å². The molecule has 5 heteroatoms. The first kappa shape index (κ1) is 14.2. The van der Waals surface area contributed by atoms with Crippen molar-refractivity contribution in [3.05, 3.63) is 17.6 Å². The molecule has 0 amide bonds. The summed E-state index contributed by atoms with van der Waals surface area (Å²) < 4.78 is 5.46. The molecule has 0 unspecified atom stereocenters. The number of anilines is 1. The molecule has 1 fully saturated rings. The monoisotopic (exact) mass is 264 g/mol. The Hall–Kier alpha value is -1.20. The predicted octanol–water partition coefficient (Wildman–Crippen LogP) is 2.00. The number of rotatable bonds is 6. The molecule has 0 aromatic carbocycles. The predicted molar refractivity (Wildman–Crippen MR) is 76.4 cm³/mol. The van der Waals surface area contributed by atoms with Gasteiger partial charge in [-0.2, -0.15) is 0 Å². The second-order valence-corrected chi connectivity index (χ2v) is 4.87. The molecular formula is C14H24N4O. The summed E-state index contributed by atoms with van der Waals surface area (Å²) in [5.41, 5.74) is 1.13. The van der Waals surface area contributed by atoms with Crippen LogP contribution in [0.4, 0.5) is 5.82 Å². The standard InChI is InChI=1S/C14H24N4O/c1-4-19-9-8-18-7-5-6-13(18)12-10-14(15-3)17-11(2)16-12/h10,13H,4-9H2,1-3H3,(H,15,16,17)/t13-/m0/s1. The summed E-state index contributed by atoms with van der Waals surface area (Å²) in [5.74, 6) is 1.73. The summed E-state index contributed by atoms with van der Waals surface area (Å²) in [4.78, 5) is 11.4. The zero-order chi connectivity index (χ0) is 13.7. The van der Waals surface area contributed by atoms with Crippen molar-refractivity contribution in [2.45, 2.75) is 32.7 Å². The Bertz CT molecular complexity index is 410. The molecule has 1 aliphatic rings. The molecule has 5 nitrogen and oxygen atoms in total. The van der Waals surface area contributed by atoms with Crippen LogP contribution in [0.25, 0.3) is 0 Å². The van der Waals surface area contributed by atoms with Crippen molar-refractivity contribution < 1.29 is 4.74 Å². The number of aromatic nitrogens is 2. The zero-order valence-corrected chi connectivity index (χ0v) is 12.1. The van der Waals surface area contributed by atoms with Crippen molar-refractivity contribution in [3.8, 4) is 0 Å². The van der Waals surface area contributed by atoms with Gasteiger partial charge in [0.2, 0.25) is 0 Å². The fourth-order valence-electron chi connectivity index (χ4n) is 2.64. The smallest absolute Gasteiger partial charge is 0.129 e. The fraction of sp³-hybridized carbons (Fsp3) is 0.714. The van der Waals surface area contributed by atoms with E-state index in [1.54, 1.807) is 0 Å². The van der Waals surface area contributed by atoms with Crippen molar-refractivity contribution in [1.82, 2.24) is 14.9 Å². The number of ether oxygens (including phenoxy) is 1. The van der Waals surface area contributed by atoms with Gasteiger partial charge in [-0.05, 0) is 33.2 Å². The largest absolute Gasteiger partial charge is 0.380 e. The highest BCUT2D eigenvalue weighted by molar-refractivity contribution is 5.36. The molecule has 0 aliphatic carbocycles. The highest BCUT2D eigenvalue weighted by Crippen LogP contribution is 2.31. The van der Waals surface area contributed by atoms with Crippen LogP contribution in [0.2, 0.25) is 0 Å². The first-order chi connectivity index (χ1) is 9.24. The maximum atomic E-state index is 5.46. The molecular weight excluding hydrogens is 240 g/mol. The van der Waals surface area contributed by atoms with Crippen LogP contribution in [-0.2, 0) is 4.74 Å². The minimum Gasteiger partial charge on any atom is -0.380 e. The Balaban J connectivity index is 2.08. The average molecular weight is 264 g/mol. The lowest BCUT2D eigenvalue weighted by Crippen LogP contribution is -2.28. The lowest BCUT2D eigenvalue weighted by Gasteiger charge is -2.24. The topological polar surface area (TPSA) is 50.3 Å². The van der Waals surface area contributed by atoms with Crippen LogP contribution in [-0.4, -0.2) is 48.2 Å². The summed E-state index contributed by atoms with van der Waals surface area (Å²) in [6, 6.07) is 2.48. The second-order valence-electron chi connectivity index (χ2n) is 4.87. The zero-order valence-electron chi connectivity index (χ0n) is 12.1. The van der Waals surface area contributed by atoms with Crippen LogP contribution in [0.5, 0.6) is 0 Å². The van der Waals surface area contributed by atoms with Gasteiger partial charge < -0.3 is 10.1 Å². The van der Waals surface area contributed by atoms with Crippen LogP contribution in [0.1, 0.15) is 37.3 Å². The molecule has 1 N–H and O–H groups in total. The first-order valence-electron chi connectivity index (χ1n) is 7.09. The lowest BCUT2D eigenvalue weighted by atomic mass is 10.1. The van der Waals surface area contributed by atoms with Crippen LogP contribution in [0.3, 0.4) is 0 Å². The molecule has 1 aromatic heterocycles. The van der Waals surface area contributed by atoms with Crippen LogP contribution >= 0.6 is 0 Å². The van der Waals surface area contributed by atoms with E-state index in [0.717, 1.165) is 43.6 Å². The van der Waals surface area contributed by atoms with E-state index >= 15 is 0 Å². The third-order valence-corrected chi connectivity index (χ3v) is 3.55. The minimum absolute atomic E-state index is 0.411. The summed E-state index contributed by atoms with van der Waals surface area (Å²) in [6.07, 6.45) is 2.40. The molecule has 0 saturated carbocycles. The highest BCUT2D eigenvalue weighted by atomic mass is 16.5. The normalized spacial score (nSPS) is 19.8. The Morgan fingerprint density at radius 3 is 3.05 bits per heavy atom. The van der Waals surface area contributed by atoms with Gasteiger partial charge in [-0.3, -0.25) is 4.90 Å². The van der Waals surface area contributed by atoms with Gasteiger partial charge in [0.1, 0.15) is 11.6 Å². The molecule has 0 radical (unpaired) electrons. The average Bonchev–Trinajstić information content (AvgIpc) is 2.86. The molecule has 106 valence electrons. The molecule has 0 spiro atoms. The summed E-state index contributed by atoms with van der Waals surface area (Å²) in [6.45, 7) is 7.69. The second kappa shape index (κ2) is 6.82. The van der Waals surface area contributed by atoms with Gasteiger partial charge in [0.15, 0.2) is 0 Å². The van der Waals surface area contributed by atoms with Gasteiger partial charge in [0, 0.05) is 26.3 Å². The van der Waals surface area contributed by atoms with E-state index in [4.69, 9.17) is 4.74 Å². The number of hydrogen-bond donors (Lipinski definition) is 1. The fourth-order valence-corrected chi connectivity index (χ4v) is 2.64. The first-order valence-corrected chi connectivity index (χ1v) is 7.09. The Morgan fingerprint density at radius 2 is 2.32 bits per heavy atom. The minimum atomic E-state index is 0.411. The number of hydrogen-bond acceptors (Lipinski definition) is 5. The molecule has 1 saturated heterocycles. The summed E-state index contributed by atoms with van der Waals surface area (Å²) >= 11 is 0. The van der Waals surface area contributed by atoms with Crippen molar-refractivity contribution >= 4 is 5.82 Å². The SMILES string of the molecule is CCOCCN1CCC[C@H]1c1cc(NC)nc(C)n1. The van der Waals surface area contributed by atoms with E-state index in [0.29, 0.717) is 6.04 Å². The van der Waals surface area contributed by atoms with Gasteiger partial charge in [0.25, 0.3) is 0 Å². The Labute approximate surface area is 115 Å². The Kier molecular flexibility index (Phi) is 5.10. The van der Waals surface area contributed by atoms with Gasteiger partial charge >= 0.3 is 0 Å². The van der Waals surface area contributed by atoms with E-state index in [1.807, 2.05) is 20.9 Å². The molecule has 2 rings (SSSR count). The maximum Gasteiger partial charge on any atom is 0.129 e.